The highest BCUT2D eigenvalue weighted by Gasteiger charge is 2.24. The number of benzene rings is 1. The van der Waals surface area contributed by atoms with Crippen molar-refractivity contribution in [2.45, 2.75) is 13.5 Å². The SMILES string of the molecule is CCn1cc2c3c(cc(C(=O)O)cc31)N(C)SC(C(=O)O)=C2. The van der Waals surface area contributed by atoms with Crippen molar-refractivity contribution in [2.24, 2.45) is 0 Å². The Balaban J connectivity index is 2.38. The Labute approximate surface area is 130 Å². The van der Waals surface area contributed by atoms with Crippen molar-refractivity contribution in [2.75, 3.05) is 11.4 Å². The van der Waals surface area contributed by atoms with Crippen molar-refractivity contribution in [3.05, 3.63) is 34.4 Å². The van der Waals surface area contributed by atoms with E-state index in [2.05, 4.69) is 0 Å². The first kappa shape index (κ1) is 14.5. The lowest BCUT2D eigenvalue weighted by atomic mass is 10.1. The number of hydrogen-bond acceptors (Lipinski definition) is 4. The van der Waals surface area contributed by atoms with Crippen LogP contribution in [0.5, 0.6) is 0 Å². The molecule has 7 heteroatoms. The average molecular weight is 318 g/mol. The highest BCUT2D eigenvalue weighted by Crippen LogP contribution is 2.41. The average Bonchev–Trinajstić information content (AvgIpc) is 2.75. The summed E-state index contributed by atoms with van der Waals surface area (Å²) in [7, 11) is 1.74. The number of aliphatic carboxylic acids is 1. The molecule has 0 amide bonds. The number of aromatic carboxylic acids is 1. The van der Waals surface area contributed by atoms with Crippen LogP contribution >= 0.6 is 11.9 Å². The molecule has 2 N–H and O–H groups in total. The number of nitrogens with zero attached hydrogens (tertiary/aromatic N) is 2. The number of rotatable bonds is 3. The predicted molar refractivity (Wildman–Crippen MR) is 86.2 cm³/mol. The number of carboxylic acids is 2. The second kappa shape index (κ2) is 5.10. The maximum Gasteiger partial charge on any atom is 0.344 e. The lowest BCUT2D eigenvalue weighted by Crippen LogP contribution is -2.11. The molecule has 3 rings (SSSR count). The lowest BCUT2D eigenvalue weighted by Gasteiger charge is -2.18. The monoisotopic (exact) mass is 318 g/mol. The van der Waals surface area contributed by atoms with Gasteiger partial charge in [0.2, 0.25) is 0 Å². The Hall–Kier alpha value is -2.41. The van der Waals surface area contributed by atoms with Gasteiger partial charge in [-0.1, -0.05) is 0 Å². The van der Waals surface area contributed by atoms with Crippen molar-refractivity contribution >= 4 is 46.6 Å². The number of aromatic nitrogens is 1. The van der Waals surface area contributed by atoms with Gasteiger partial charge in [0, 0.05) is 30.7 Å². The van der Waals surface area contributed by atoms with E-state index in [1.165, 1.54) is 0 Å². The summed E-state index contributed by atoms with van der Waals surface area (Å²) >= 11 is 1.08. The van der Waals surface area contributed by atoms with Gasteiger partial charge in [-0.2, -0.15) is 0 Å². The van der Waals surface area contributed by atoms with Gasteiger partial charge < -0.3 is 19.1 Å². The van der Waals surface area contributed by atoms with Crippen molar-refractivity contribution in [3.8, 4) is 0 Å². The molecule has 0 saturated heterocycles. The van der Waals surface area contributed by atoms with Crippen LogP contribution in [0.1, 0.15) is 22.8 Å². The topological polar surface area (TPSA) is 82.8 Å². The number of carbonyl (C=O) groups is 2. The van der Waals surface area contributed by atoms with Crippen molar-refractivity contribution in [1.82, 2.24) is 4.57 Å². The first-order valence-corrected chi connectivity index (χ1v) is 7.46. The predicted octanol–water partition coefficient (Wildman–Crippen LogP) is 2.88. The minimum atomic E-state index is -1.00. The molecule has 1 aromatic carbocycles. The van der Waals surface area contributed by atoms with Crippen LogP contribution in [0.2, 0.25) is 0 Å². The van der Waals surface area contributed by atoms with Crippen LogP contribution in [-0.4, -0.2) is 33.8 Å². The molecule has 6 nitrogen and oxygen atoms in total. The second-order valence-corrected chi connectivity index (χ2v) is 6.14. The molecule has 1 aliphatic heterocycles. The Morgan fingerprint density at radius 2 is 1.95 bits per heavy atom. The standard InChI is InChI=1S/C15H14N2O4S/c1-3-17-7-9-6-12(15(20)21)22-16(2)10-4-8(14(18)19)5-11(17)13(9)10/h4-7H,3H2,1-2H3,(H,18,19)(H,20,21). The van der Waals surface area contributed by atoms with Crippen molar-refractivity contribution in [1.29, 1.82) is 0 Å². The minimum absolute atomic E-state index is 0.188. The molecular weight excluding hydrogens is 304 g/mol. The fourth-order valence-electron chi connectivity index (χ4n) is 2.64. The van der Waals surface area contributed by atoms with Crippen LogP contribution in [0.3, 0.4) is 0 Å². The molecular formula is C15H14N2O4S. The van der Waals surface area contributed by atoms with Gasteiger partial charge in [0.25, 0.3) is 0 Å². The molecule has 2 aromatic rings. The van der Waals surface area contributed by atoms with Crippen LogP contribution in [0, 0.1) is 0 Å². The minimum Gasteiger partial charge on any atom is -0.478 e. The number of carboxylic acid groups (broad SMARTS) is 2. The van der Waals surface area contributed by atoms with Crippen LogP contribution < -0.4 is 4.31 Å². The molecule has 0 atom stereocenters. The van der Waals surface area contributed by atoms with Crippen LogP contribution in [-0.2, 0) is 11.3 Å². The summed E-state index contributed by atoms with van der Waals surface area (Å²) in [5.41, 5.74) is 2.48. The number of aryl methyl sites for hydroxylation is 1. The van der Waals surface area contributed by atoms with Gasteiger partial charge in [-0.05, 0) is 37.1 Å². The summed E-state index contributed by atoms with van der Waals surface area (Å²) < 4.78 is 3.63. The number of anilines is 1. The van der Waals surface area contributed by atoms with Gasteiger partial charge in [0.1, 0.15) is 4.91 Å². The Kier molecular flexibility index (Phi) is 3.37. The number of hydrogen-bond donors (Lipinski definition) is 2. The summed E-state index contributed by atoms with van der Waals surface area (Å²) in [5, 5.41) is 19.5. The smallest absolute Gasteiger partial charge is 0.344 e. The largest absolute Gasteiger partial charge is 0.478 e. The van der Waals surface area contributed by atoms with E-state index in [4.69, 9.17) is 0 Å². The lowest BCUT2D eigenvalue weighted by molar-refractivity contribution is -0.131. The van der Waals surface area contributed by atoms with Gasteiger partial charge in [0.15, 0.2) is 0 Å². The Morgan fingerprint density at radius 3 is 2.55 bits per heavy atom. The molecule has 0 unspecified atom stereocenters. The zero-order chi connectivity index (χ0) is 16.0. The molecule has 0 radical (unpaired) electrons. The van der Waals surface area contributed by atoms with Gasteiger partial charge >= 0.3 is 11.9 Å². The molecule has 22 heavy (non-hydrogen) atoms. The Bertz CT molecular complexity index is 838. The van der Waals surface area contributed by atoms with Gasteiger partial charge in [-0.3, -0.25) is 0 Å². The third kappa shape index (κ3) is 2.14. The third-order valence-corrected chi connectivity index (χ3v) is 4.61. The fraction of sp³-hybridized carbons (Fsp3) is 0.200. The van der Waals surface area contributed by atoms with Gasteiger partial charge in [-0.15, -0.1) is 0 Å². The van der Waals surface area contributed by atoms with E-state index >= 15 is 0 Å². The van der Waals surface area contributed by atoms with E-state index in [0.29, 0.717) is 12.2 Å². The van der Waals surface area contributed by atoms with Crippen molar-refractivity contribution in [3.63, 3.8) is 0 Å². The molecule has 1 aromatic heterocycles. The maximum absolute atomic E-state index is 11.4. The highest BCUT2D eigenvalue weighted by atomic mass is 32.2. The molecule has 2 heterocycles. The summed E-state index contributed by atoms with van der Waals surface area (Å²) in [4.78, 5) is 22.9. The van der Waals surface area contributed by atoms with Gasteiger partial charge in [-0.25, -0.2) is 9.59 Å². The molecule has 0 spiro atoms. The first-order chi connectivity index (χ1) is 10.4. The zero-order valence-electron chi connectivity index (χ0n) is 12.0. The van der Waals surface area contributed by atoms with E-state index in [0.717, 1.165) is 28.4 Å². The van der Waals surface area contributed by atoms with E-state index in [-0.39, 0.29) is 10.5 Å². The molecule has 114 valence electrons. The maximum atomic E-state index is 11.4. The van der Waals surface area contributed by atoms with E-state index in [1.54, 1.807) is 29.6 Å². The van der Waals surface area contributed by atoms with Crippen molar-refractivity contribution < 1.29 is 19.8 Å². The molecule has 0 fully saturated rings. The van der Waals surface area contributed by atoms with Crippen LogP contribution in [0.25, 0.3) is 17.0 Å². The normalized spacial score (nSPS) is 13.9. The third-order valence-electron chi connectivity index (χ3n) is 3.65. The first-order valence-electron chi connectivity index (χ1n) is 6.69. The van der Waals surface area contributed by atoms with E-state index < -0.39 is 11.9 Å². The summed E-state index contributed by atoms with van der Waals surface area (Å²) in [6.07, 6.45) is 3.50. The molecule has 0 bridgehead atoms. The second-order valence-electron chi connectivity index (χ2n) is 4.97. The van der Waals surface area contributed by atoms with E-state index in [1.807, 2.05) is 17.7 Å². The fourth-order valence-corrected chi connectivity index (χ4v) is 3.44. The van der Waals surface area contributed by atoms with Crippen LogP contribution in [0.15, 0.2) is 23.2 Å². The van der Waals surface area contributed by atoms with Gasteiger partial charge in [0.05, 0.1) is 16.8 Å². The quantitative estimate of drug-likeness (QED) is 0.847. The van der Waals surface area contributed by atoms with Crippen LogP contribution in [0.4, 0.5) is 5.69 Å². The Morgan fingerprint density at radius 1 is 1.23 bits per heavy atom. The molecule has 0 aliphatic carbocycles. The summed E-state index contributed by atoms with van der Waals surface area (Å²) in [6, 6.07) is 3.21. The zero-order valence-corrected chi connectivity index (χ0v) is 12.8. The van der Waals surface area contributed by atoms with E-state index in [9.17, 15) is 19.8 Å². The summed E-state index contributed by atoms with van der Waals surface area (Å²) in [6.45, 7) is 2.63. The molecule has 0 saturated carbocycles. The molecule has 1 aliphatic rings. The highest BCUT2D eigenvalue weighted by molar-refractivity contribution is 8.05. The summed E-state index contributed by atoms with van der Waals surface area (Å²) in [5.74, 6) is -2.00.